The highest BCUT2D eigenvalue weighted by Gasteiger charge is 2.09. The minimum atomic E-state index is -0.251. The topological polar surface area (TPSA) is 61.4 Å². The molecule has 0 aromatic heterocycles. The molecule has 0 saturated carbocycles. The summed E-state index contributed by atoms with van der Waals surface area (Å²) >= 11 is 6.05. The summed E-state index contributed by atoms with van der Waals surface area (Å²) in [6, 6.07) is 14.6. The van der Waals surface area contributed by atoms with Gasteiger partial charge in [-0.05, 0) is 49.2 Å². The van der Waals surface area contributed by atoms with Crippen molar-refractivity contribution in [1.82, 2.24) is 5.32 Å². The van der Waals surface area contributed by atoms with Crippen molar-refractivity contribution in [3.8, 4) is 0 Å². The van der Waals surface area contributed by atoms with Gasteiger partial charge in [-0.3, -0.25) is 4.79 Å². The highest BCUT2D eigenvalue weighted by atomic mass is 35.5. The number of carbonyl (C=O) groups is 1. The number of anilines is 1. The molecule has 0 aliphatic heterocycles. The smallest absolute Gasteiger partial charge is 0.257 e. The maximum absolute atomic E-state index is 12.3. The van der Waals surface area contributed by atoms with Gasteiger partial charge in [0.25, 0.3) is 5.91 Å². The fourth-order valence-electron chi connectivity index (χ4n) is 2.31. The van der Waals surface area contributed by atoms with Crippen LogP contribution in [0.25, 0.3) is 0 Å². The normalized spacial score (nSPS) is 12.0. The molecule has 0 fully saturated rings. The number of hydrogen-bond acceptors (Lipinski definition) is 3. The molecule has 0 aliphatic rings. The van der Waals surface area contributed by atoms with Gasteiger partial charge in [-0.15, -0.1) is 0 Å². The zero-order valence-electron chi connectivity index (χ0n) is 13.8. The third kappa shape index (κ3) is 5.64. The molecule has 3 N–H and O–H groups in total. The van der Waals surface area contributed by atoms with Crippen LogP contribution in [-0.4, -0.2) is 23.7 Å². The van der Waals surface area contributed by atoms with Crippen LogP contribution in [0.1, 0.15) is 35.7 Å². The Morgan fingerprint density at radius 1 is 1.21 bits per heavy atom. The third-order valence-corrected chi connectivity index (χ3v) is 4.09. The van der Waals surface area contributed by atoms with Crippen LogP contribution in [0.2, 0.25) is 5.02 Å². The van der Waals surface area contributed by atoms with Gasteiger partial charge in [-0.1, -0.05) is 42.8 Å². The molecular weight excluding hydrogens is 324 g/mol. The number of rotatable bonds is 8. The Labute approximate surface area is 147 Å². The van der Waals surface area contributed by atoms with Gasteiger partial charge in [0.15, 0.2) is 0 Å². The van der Waals surface area contributed by atoms with E-state index in [1.165, 1.54) is 0 Å². The Balaban J connectivity index is 1.90. The second-order valence-electron chi connectivity index (χ2n) is 5.66. The first kappa shape index (κ1) is 18.5. The van der Waals surface area contributed by atoms with Crippen LogP contribution < -0.4 is 10.6 Å². The van der Waals surface area contributed by atoms with E-state index in [9.17, 15) is 9.90 Å². The summed E-state index contributed by atoms with van der Waals surface area (Å²) in [5.74, 6) is -0.225. The van der Waals surface area contributed by atoms with Crippen LogP contribution in [0.15, 0.2) is 48.5 Å². The van der Waals surface area contributed by atoms with Gasteiger partial charge in [0.05, 0.1) is 16.7 Å². The van der Waals surface area contributed by atoms with Gasteiger partial charge in [0.1, 0.15) is 0 Å². The van der Waals surface area contributed by atoms with E-state index < -0.39 is 0 Å². The fraction of sp³-hybridized carbons (Fsp3) is 0.316. The number of halogens is 1. The molecule has 5 heteroatoms. The van der Waals surface area contributed by atoms with Crippen LogP contribution in [0, 0.1) is 0 Å². The number of aliphatic hydroxyl groups is 1. The minimum Gasteiger partial charge on any atom is -0.393 e. The molecule has 128 valence electrons. The Bertz CT molecular complexity index is 676. The standard InChI is InChI=1S/C19H23ClN2O2/c1-2-16(23)10-11-21-13-14-6-5-7-15(12-14)22-19(24)17-8-3-4-9-18(17)20/h3-9,12,16,21,23H,2,10-11,13H2,1H3,(H,22,24). The van der Waals surface area contributed by atoms with E-state index in [2.05, 4.69) is 10.6 Å². The average molecular weight is 347 g/mol. The van der Waals surface area contributed by atoms with Crippen LogP contribution in [0.4, 0.5) is 5.69 Å². The SMILES string of the molecule is CCC(O)CCNCc1cccc(NC(=O)c2ccccc2Cl)c1. The number of amides is 1. The third-order valence-electron chi connectivity index (χ3n) is 3.76. The molecule has 0 radical (unpaired) electrons. The lowest BCUT2D eigenvalue weighted by Gasteiger charge is -2.10. The van der Waals surface area contributed by atoms with Gasteiger partial charge in [-0.25, -0.2) is 0 Å². The molecule has 2 aromatic rings. The van der Waals surface area contributed by atoms with Crippen molar-refractivity contribution < 1.29 is 9.90 Å². The number of benzene rings is 2. The van der Waals surface area contributed by atoms with Gasteiger partial charge in [0.2, 0.25) is 0 Å². The Hall–Kier alpha value is -1.88. The van der Waals surface area contributed by atoms with E-state index in [-0.39, 0.29) is 12.0 Å². The molecule has 1 unspecified atom stereocenters. The first-order valence-corrected chi connectivity index (χ1v) is 8.51. The maximum Gasteiger partial charge on any atom is 0.257 e. The fourth-order valence-corrected chi connectivity index (χ4v) is 2.53. The lowest BCUT2D eigenvalue weighted by atomic mass is 10.1. The molecule has 2 rings (SSSR count). The molecule has 0 saturated heterocycles. The van der Waals surface area contributed by atoms with Crippen molar-refractivity contribution in [2.45, 2.75) is 32.4 Å². The predicted octanol–water partition coefficient (Wildman–Crippen LogP) is 3.84. The van der Waals surface area contributed by atoms with E-state index in [0.29, 0.717) is 17.1 Å². The molecular formula is C19H23ClN2O2. The molecule has 4 nitrogen and oxygen atoms in total. The molecule has 0 bridgehead atoms. The summed E-state index contributed by atoms with van der Waals surface area (Å²) in [6.45, 7) is 3.41. The summed E-state index contributed by atoms with van der Waals surface area (Å²) < 4.78 is 0. The Morgan fingerprint density at radius 2 is 2.00 bits per heavy atom. The van der Waals surface area contributed by atoms with Crippen LogP contribution in [-0.2, 0) is 6.54 Å². The zero-order valence-corrected chi connectivity index (χ0v) is 14.5. The Morgan fingerprint density at radius 3 is 2.75 bits per heavy atom. The van der Waals surface area contributed by atoms with Crippen LogP contribution in [0.5, 0.6) is 0 Å². The molecule has 0 aliphatic carbocycles. The predicted molar refractivity (Wildman–Crippen MR) is 98.5 cm³/mol. The van der Waals surface area contributed by atoms with Gasteiger partial charge in [-0.2, -0.15) is 0 Å². The highest BCUT2D eigenvalue weighted by Crippen LogP contribution is 2.18. The monoisotopic (exact) mass is 346 g/mol. The van der Waals surface area contributed by atoms with E-state index in [0.717, 1.165) is 30.6 Å². The molecule has 1 atom stereocenters. The average Bonchev–Trinajstić information content (AvgIpc) is 2.59. The number of nitrogens with one attached hydrogen (secondary N) is 2. The number of aliphatic hydroxyl groups excluding tert-OH is 1. The first-order valence-electron chi connectivity index (χ1n) is 8.13. The summed E-state index contributed by atoms with van der Waals surface area (Å²) in [7, 11) is 0. The van der Waals surface area contributed by atoms with Gasteiger partial charge in [0, 0.05) is 12.2 Å². The number of hydrogen-bond donors (Lipinski definition) is 3. The first-order chi connectivity index (χ1) is 11.6. The molecule has 2 aromatic carbocycles. The van der Waals surface area contributed by atoms with E-state index in [1.54, 1.807) is 24.3 Å². The zero-order chi connectivity index (χ0) is 17.4. The van der Waals surface area contributed by atoms with Crippen molar-refractivity contribution in [1.29, 1.82) is 0 Å². The molecule has 0 spiro atoms. The second kappa shape index (κ2) is 9.42. The minimum absolute atomic E-state index is 0.225. The molecule has 1 amide bonds. The van der Waals surface area contributed by atoms with Crippen molar-refractivity contribution >= 4 is 23.2 Å². The second-order valence-corrected chi connectivity index (χ2v) is 6.07. The maximum atomic E-state index is 12.3. The van der Waals surface area contributed by atoms with Crippen LogP contribution in [0.3, 0.4) is 0 Å². The van der Waals surface area contributed by atoms with E-state index >= 15 is 0 Å². The summed E-state index contributed by atoms with van der Waals surface area (Å²) in [5, 5.41) is 16.1. The van der Waals surface area contributed by atoms with Gasteiger partial charge < -0.3 is 15.7 Å². The van der Waals surface area contributed by atoms with E-state index in [4.69, 9.17) is 11.6 Å². The summed E-state index contributed by atoms with van der Waals surface area (Å²) in [4.78, 5) is 12.3. The van der Waals surface area contributed by atoms with E-state index in [1.807, 2.05) is 31.2 Å². The Kier molecular flexibility index (Phi) is 7.25. The summed E-state index contributed by atoms with van der Waals surface area (Å²) in [5.41, 5.74) is 2.25. The van der Waals surface area contributed by atoms with Crippen molar-refractivity contribution in [3.05, 3.63) is 64.7 Å². The quantitative estimate of drug-likeness (QED) is 0.636. The molecule has 0 heterocycles. The van der Waals surface area contributed by atoms with Crippen LogP contribution >= 0.6 is 11.6 Å². The highest BCUT2D eigenvalue weighted by molar-refractivity contribution is 6.34. The van der Waals surface area contributed by atoms with Crippen molar-refractivity contribution in [2.24, 2.45) is 0 Å². The van der Waals surface area contributed by atoms with Crippen molar-refractivity contribution in [2.75, 3.05) is 11.9 Å². The summed E-state index contributed by atoms with van der Waals surface area (Å²) in [6.07, 6.45) is 1.25. The number of carbonyl (C=O) groups excluding carboxylic acids is 1. The van der Waals surface area contributed by atoms with Crippen molar-refractivity contribution in [3.63, 3.8) is 0 Å². The largest absolute Gasteiger partial charge is 0.393 e. The lowest BCUT2D eigenvalue weighted by Crippen LogP contribution is -2.20. The van der Waals surface area contributed by atoms with Gasteiger partial charge >= 0.3 is 0 Å². The lowest BCUT2D eigenvalue weighted by molar-refractivity contribution is 0.102. The molecule has 24 heavy (non-hydrogen) atoms.